The molecule has 2 heterocycles. The Morgan fingerprint density at radius 1 is 1.19 bits per heavy atom. The van der Waals surface area contributed by atoms with Crippen molar-refractivity contribution in [2.75, 3.05) is 26.4 Å². The highest BCUT2D eigenvalue weighted by molar-refractivity contribution is 9.10. The van der Waals surface area contributed by atoms with Crippen molar-refractivity contribution in [1.82, 2.24) is 9.78 Å². The highest BCUT2D eigenvalue weighted by atomic mass is 79.9. The fraction of sp³-hybridized carbons (Fsp3) is 0.400. The van der Waals surface area contributed by atoms with Gasteiger partial charge in [0.25, 0.3) is 0 Å². The molecule has 1 aliphatic heterocycles. The lowest BCUT2D eigenvalue weighted by atomic mass is 9.91. The van der Waals surface area contributed by atoms with Crippen LogP contribution in [0.4, 0.5) is 0 Å². The van der Waals surface area contributed by atoms with Gasteiger partial charge in [-0.1, -0.05) is 13.0 Å². The number of ether oxygens (including phenoxy) is 2. The number of aliphatic imine (C=N–C) groups is 1. The first-order chi connectivity index (χ1) is 13.2. The molecule has 0 saturated heterocycles. The summed E-state index contributed by atoms with van der Waals surface area (Å²) in [5.41, 5.74) is 1.97. The number of halogens is 1. The monoisotopic (exact) mass is 433 g/mol. The van der Waals surface area contributed by atoms with E-state index >= 15 is 0 Å². The van der Waals surface area contributed by atoms with E-state index in [1.165, 1.54) is 0 Å². The predicted molar refractivity (Wildman–Crippen MR) is 109 cm³/mol. The second kappa shape index (κ2) is 9.82. The lowest BCUT2D eigenvalue weighted by Crippen LogP contribution is -2.12. The number of nitrogens with zero attached hydrogens (tertiary/aromatic N) is 3. The molecule has 2 unspecified atom stereocenters. The van der Waals surface area contributed by atoms with E-state index < -0.39 is 0 Å². The zero-order chi connectivity index (χ0) is 19.1. The van der Waals surface area contributed by atoms with Crippen LogP contribution < -0.4 is 4.74 Å². The molecule has 0 amide bonds. The third-order valence-corrected chi connectivity index (χ3v) is 4.93. The van der Waals surface area contributed by atoms with Gasteiger partial charge < -0.3 is 14.6 Å². The van der Waals surface area contributed by atoms with Gasteiger partial charge in [0.2, 0.25) is 0 Å². The van der Waals surface area contributed by atoms with Gasteiger partial charge in [-0.25, -0.2) is 4.68 Å². The van der Waals surface area contributed by atoms with Gasteiger partial charge in [0.1, 0.15) is 12.4 Å². The third kappa shape index (κ3) is 5.28. The normalized spacial score (nSPS) is 18.8. The van der Waals surface area contributed by atoms with Gasteiger partial charge in [-0.3, -0.25) is 4.99 Å². The Bertz CT molecular complexity index is 786. The van der Waals surface area contributed by atoms with Crippen molar-refractivity contribution >= 4 is 22.1 Å². The Balaban J connectivity index is 1.60. The molecule has 1 aliphatic rings. The summed E-state index contributed by atoms with van der Waals surface area (Å²) < 4.78 is 13.9. The lowest BCUT2D eigenvalue weighted by Gasteiger charge is -2.17. The van der Waals surface area contributed by atoms with Gasteiger partial charge in [0, 0.05) is 43.7 Å². The Labute approximate surface area is 167 Å². The van der Waals surface area contributed by atoms with E-state index in [9.17, 15) is 0 Å². The Morgan fingerprint density at radius 3 is 2.74 bits per heavy atom. The topological polar surface area (TPSA) is 68.9 Å². The largest absolute Gasteiger partial charge is 0.491 e. The second-order valence-electron chi connectivity index (χ2n) is 6.36. The number of benzene rings is 1. The molecule has 2 aromatic rings. The SMILES string of the molecule is CC1C=NC=CC1c1nn(-c2ccc(OCCOCCCO)cc2)cc1Br. The summed E-state index contributed by atoms with van der Waals surface area (Å²) >= 11 is 3.64. The average molecular weight is 434 g/mol. The van der Waals surface area contributed by atoms with Crippen LogP contribution >= 0.6 is 15.9 Å². The highest BCUT2D eigenvalue weighted by Crippen LogP contribution is 2.32. The predicted octanol–water partition coefficient (Wildman–Crippen LogP) is 3.73. The fourth-order valence-corrected chi connectivity index (χ4v) is 3.38. The third-order valence-electron chi connectivity index (χ3n) is 4.32. The van der Waals surface area contributed by atoms with Gasteiger partial charge in [-0.05, 0) is 46.6 Å². The maximum absolute atomic E-state index is 8.70. The van der Waals surface area contributed by atoms with Crippen LogP contribution in [-0.4, -0.2) is 47.5 Å². The average Bonchev–Trinajstić information content (AvgIpc) is 3.07. The first-order valence-corrected chi connectivity index (χ1v) is 9.85. The number of aliphatic hydroxyl groups excluding tert-OH is 1. The molecule has 1 aromatic heterocycles. The van der Waals surface area contributed by atoms with Gasteiger partial charge in [0.15, 0.2) is 0 Å². The number of hydrogen-bond donors (Lipinski definition) is 1. The van der Waals surface area contributed by atoms with Crippen LogP contribution in [0.3, 0.4) is 0 Å². The summed E-state index contributed by atoms with van der Waals surface area (Å²) in [4.78, 5) is 4.19. The zero-order valence-electron chi connectivity index (χ0n) is 15.3. The van der Waals surface area contributed by atoms with E-state index in [0.29, 0.717) is 32.2 Å². The summed E-state index contributed by atoms with van der Waals surface area (Å²) in [5.74, 6) is 1.31. The number of aliphatic hydroxyl groups is 1. The minimum absolute atomic E-state index is 0.150. The van der Waals surface area contributed by atoms with E-state index in [0.717, 1.165) is 21.6 Å². The Kier molecular flexibility index (Phi) is 7.20. The maximum atomic E-state index is 8.70. The Hall–Kier alpha value is -1.96. The maximum Gasteiger partial charge on any atom is 0.119 e. The molecular formula is C20H24BrN3O3. The van der Waals surface area contributed by atoms with Crippen LogP contribution in [-0.2, 0) is 4.74 Å². The number of rotatable bonds is 9. The van der Waals surface area contributed by atoms with Crippen LogP contribution in [0.1, 0.15) is 25.0 Å². The van der Waals surface area contributed by atoms with Crippen molar-refractivity contribution in [3.05, 3.63) is 52.9 Å². The molecule has 7 heteroatoms. The van der Waals surface area contributed by atoms with Crippen molar-refractivity contribution in [2.45, 2.75) is 19.3 Å². The molecule has 1 aromatic carbocycles. The summed E-state index contributed by atoms with van der Waals surface area (Å²) in [6.07, 6.45) is 8.50. The standard InChI is InChI=1S/C20H24BrN3O3/c1-15-13-22-8-7-18(15)20-19(21)14-24(23-20)16-3-5-17(6-4-16)27-12-11-26-10-2-9-25/h3-8,13-15,18,25H,2,9-12H2,1H3. The second-order valence-corrected chi connectivity index (χ2v) is 7.22. The molecule has 2 atom stereocenters. The fourth-order valence-electron chi connectivity index (χ4n) is 2.84. The number of aromatic nitrogens is 2. The highest BCUT2D eigenvalue weighted by Gasteiger charge is 2.23. The van der Waals surface area contributed by atoms with Crippen LogP contribution in [0.5, 0.6) is 5.75 Å². The van der Waals surface area contributed by atoms with E-state index in [2.05, 4.69) is 33.9 Å². The van der Waals surface area contributed by atoms with E-state index in [1.807, 2.05) is 47.6 Å². The first-order valence-electron chi connectivity index (χ1n) is 9.06. The van der Waals surface area contributed by atoms with Gasteiger partial charge >= 0.3 is 0 Å². The van der Waals surface area contributed by atoms with Gasteiger partial charge in [0.05, 0.1) is 22.5 Å². The molecule has 1 N–H and O–H groups in total. The lowest BCUT2D eigenvalue weighted by molar-refractivity contribution is 0.0883. The van der Waals surface area contributed by atoms with Crippen molar-refractivity contribution < 1.29 is 14.6 Å². The molecule has 3 rings (SSSR count). The van der Waals surface area contributed by atoms with Crippen LogP contribution in [0.15, 0.2) is 52.2 Å². The van der Waals surface area contributed by atoms with E-state index in [-0.39, 0.29) is 12.5 Å². The summed E-state index contributed by atoms with van der Waals surface area (Å²) in [6, 6.07) is 7.81. The minimum atomic E-state index is 0.150. The van der Waals surface area contributed by atoms with Gasteiger partial charge in [-0.15, -0.1) is 0 Å². The van der Waals surface area contributed by atoms with Crippen molar-refractivity contribution in [1.29, 1.82) is 0 Å². The number of allylic oxidation sites excluding steroid dienone is 1. The molecule has 0 spiro atoms. The first kappa shape index (κ1) is 19.8. The van der Waals surface area contributed by atoms with E-state index in [1.54, 1.807) is 0 Å². The van der Waals surface area contributed by atoms with Crippen molar-refractivity contribution in [2.24, 2.45) is 10.9 Å². The minimum Gasteiger partial charge on any atom is -0.491 e. The van der Waals surface area contributed by atoms with Crippen molar-refractivity contribution in [3.63, 3.8) is 0 Å². The molecule has 0 aliphatic carbocycles. The molecule has 27 heavy (non-hydrogen) atoms. The molecule has 0 bridgehead atoms. The Morgan fingerprint density at radius 2 is 2.00 bits per heavy atom. The summed E-state index contributed by atoms with van der Waals surface area (Å²) in [5, 5.41) is 13.5. The van der Waals surface area contributed by atoms with E-state index in [4.69, 9.17) is 19.7 Å². The molecule has 144 valence electrons. The van der Waals surface area contributed by atoms with Gasteiger partial charge in [-0.2, -0.15) is 5.10 Å². The summed E-state index contributed by atoms with van der Waals surface area (Å²) in [6.45, 7) is 3.83. The molecule has 6 nitrogen and oxygen atoms in total. The van der Waals surface area contributed by atoms with Crippen LogP contribution in [0.2, 0.25) is 0 Å². The molecule has 0 fully saturated rings. The molecular weight excluding hydrogens is 410 g/mol. The summed E-state index contributed by atoms with van der Waals surface area (Å²) in [7, 11) is 0. The zero-order valence-corrected chi connectivity index (χ0v) is 16.9. The molecule has 0 radical (unpaired) electrons. The quantitative estimate of drug-likeness (QED) is 0.611. The molecule has 0 saturated carbocycles. The smallest absolute Gasteiger partial charge is 0.119 e. The van der Waals surface area contributed by atoms with Crippen molar-refractivity contribution in [3.8, 4) is 11.4 Å². The van der Waals surface area contributed by atoms with Crippen LogP contribution in [0, 0.1) is 5.92 Å². The van der Waals surface area contributed by atoms with Crippen LogP contribution in [0.25, 0.3) is 5.69 Å². The number of hydrogen-bond acceptors (Lipinski definition) is 5.